The third-order valence-corrected chi connectivity index (χ3v) is 4.18. The van der Waals surface area contributed by atoms with Crippen molar-refractivity contribution in [2.45, 2.75) is 50.6 Å². The van der Waals surface area contributed by atoms with Crippen molar-refractivity contribution < 1.29 is 9.90 Å². The minimum atomic E-state index is -0.331. The molecule has 4 heteroatoms. The number of rotatable bonds is 4. The zero-order valence-electron chi connectivity index (χ0n) is 12.1. The Morgan fingerprint density at radius 3 is 2.60 bits per heavy atom. The Hall–Kier alpha value is -1.55. The van der Waals surface area contributed by atoms with Crippen LogP contribution in [0.5, 0.6) is 5.75 Å². The highest BCUT2D eigenvalue weighted by Gasteiger charge is 2.31. The van der Waals surface area contributed by atoms with Crippen LogP contribution in [0.3, 0.4) is 0 Å². The summed E-state index contributed by atoms with van der Waals surface area (Å²) in [5.74, 6) is 0.282. The van der Waals surface area contributed by atoms with Crippen LogP contribution >= 0.6 is 0 Å². The second kappa shape index (κ2) is 6.27. The van der Waals surface area contributed by atoms with Gasteiger partial charge in [-0.05, 0) is 18.9 Å². The fourth-order valence-electron chi connectivity index (χ4n) is 2.86. The third-order valence-electron chi connectivity index (χ3n) is 4.18. The van der Waals surface area contributed by atoms with E-state index in [1.807, 2.05) is 12.1 Å². The Bertz CT molecular complexity index is 467. The smallest absolute Gasteiger partial charge is 0.224 e. The van der Waals surface area contributed by atoms with Crippen molar-refractivity contribution in [3.8, 4) is 5.75 Å². The molecule has 1 fully saturated rings. The van der Waals surface area contributed by atoms with Gasteiger partial charge in [0.15, 0.2) is 0 Å². The van der Waals surface area contributed by atoms with Gasteiger partial charge in [0.2, 0.25) is 5.91 Å². The highest BCUT2D eigenvalue weighted by atomic mass is 16.3. The lowest BCUT2D eigenvalue weighted by molar-refractivity contribution is -0.132. The molecule has 0 aliphatic heterocycles. The second-order valence-electron chi connectivity index (χ2n) is 5.98. The summed E-state index contributed by atoms with van der Waals surface area (Å²) in [5, 5.41) is 9.75. The number of nitrogens with zero attached hydrogens (tertiary/aromatic N) is 1. The molecule has 4 nitrogen and oxygen atoms in total. The molecule has 0 spiro atoms. The van der Waals surface area contributed by atoms with Gasteiger partial charge in [-0.25, -0.2) is 0 Å². The van der Waals surface area contributed by atoms with Gasteiger partial charge in [0.25, 0.3) is 0 Å². The summed E-state index contributed by atoms with van der Waals surface area (Å²) < 4.78 is 0. The zero-order chi connectivity index (χ0) is 14.6. The maximum Gasteiger partial charge on any atom is 0.224 e. The Kier molecular flexibility index (Phi) is 4.65. The predicted octanol–water partition coefficient (Wildman–Crippen LogP) is 2.40. The van der Waals surface area contributed by atoms with Crippen LogP contribution in [0.1, 0.15) is 44.1 Å². The van der Waals surface area contributed by atoms with Crippen molar-refractivity contribution >= 4 is 5.91 Å². The number of amides is 1. The van der Waals surface area contributed by atoms with Crippen LogP contribution in [0.2, 0.25) is 0 Å². The van der Waals surface area contributed by atoms with Gasteiger partial charge in [-0.15, -0.1) is 0 Å². The number of para-hydroxylation sites is 1. The molecule has 110 valence electrons. The highest BCUT2D eigenvalue weighted by molar-refractivity contribution is 5.77. The van der Waals surface area contributed by atoms with Gasteiger partial charge >= 0.3 is 0 Å². The van der Waals surface area contributed by atoms with Crippen molar-refractivity contribution in [1.29, 1.82) is 0 Å². The molecule has 1 aromatic carbocycles. The summed E-state index contributed by atoms with van der Waals surface area (Å²) in [6.45, 7) is 0.418. The maximum atomic E-state index is 12.3. The van der Waals surface area contributed by atoms with Gasteiger partial charge in [0.05, 0.1) is 0 Å². The quantitative estimate of drug-likeness (QED) is 0.887. The van der Waals surface area contributed by atoms with E-state index >= 15 is 0 Å². The van der Waals surface area contributed by atoms with E-state index in [0.29, 0.717) is 13.0 Å². The molecular formula is C16H24N2O2. The predicted molar refractivity (Wildman–Crippen MR) is 79.2 cm³/mol. The molecule has 1 aromatic rings. The molecular weight excluding hydrogens is 252 g/mol. The molecule has 1 aliphatic carbocycles. The van der Waals surface area contributed by atoms with E-state index in [0.717, 1.165) is 31.2 Å². The first-order chi connectivity index (χ1) is 9.50. The second-order valence-corrected chi connectivity index (χ2v) is 5.98. The number of phenols is 1. The zero-order valence-corrected chi connectivity index (χ0v) is 12.1. The number of hydrogen-bond donors (Lipinski definition) is 2. The van der Waals surface area contributed by atoms with Crippen LogP contribution in [0, 0.1) is 0 Å². The first-order valence-corrected chi connectivity index (χ1v) is 7.30. The van der Waals surface area contributed by atoms with Gasteiger partial charge < -0.3 is 15.7 Å². The molecule has 0 radical (unpaired) electrons. The Balaban J connectivity index is 1.93. The lowest BCUT2D eigenvalue weighted by Gasteiger charge is -2.34. The van der Waals surface area contributed by atoms with Crippen molar-refractivity contribution in [3.63, 3.8) is 0 Å². The first-order valence-electron chi connectivity index (χ1n) is 7.30. The lowest BCUT2D eigenvalue weighted by Crippen LogP contribution is -2.46. The number of phenolic OH excluding ortho intramolecular Hbond substituents is 1. The van der Waals surface area contributed by atoms with Crippen LogP contribution in [-0.4, -0.2) is 28.5 Å². The molecule has 1 saturated carbocycles. The molecule has 0 aromatic heterocycles. The number of carbonyl (C=O) groups is 1. The summed E-state index contributed by atoms with van der Waals surface area (Å²) in [4.78, 5) is 13.9. The molecule has 0 saturated heterocycles. The molecule has 0 heterocycles. The van der Waals surface area contributed by atoms with Crippen LogP contribution in [-0.2, 0) is 11.3 Å². The highest BCUT2D eigenvalue weighted by Crippen LogP contribution is 2.29. The molecule has 0 bridgehead atoms. The van der Waals surface area contributed by atoms with E-state index in [1.165, 1.54) is 6.42 Å². The average molecular weight is 276 g/mol. The van der Waals surface area contributed by atoms with E-state index < -0.39 is 0 Å². The van der Waals surface area contributed by atoms with E-state index in [2.05, 4.69) is 0 Å². The molecule has 1 aliphatic rings. The standard InChI is InChI=1S/C16H24N2O2/c1-18(12-13-7-3-4-8-14(13)19)15(20)11-16(17)9-5-2-6-10-16/h3-4,7-8,19H,2,5-6,9-12,17H2,1H3. The van der Waals surface area contributed by atoms with Crippen LogP contribution < -0.4 is 5.73 Å². The van der Waals surface area contributed by atoms with Gasteiger partial charge in [-0.2, -0.15) is 0 Å². The number of aromatic hydroxyl groups is 1. The van der Waals surface area contributed by atoms with Crippen LogP contribution in [0.15, 0.2) is 24.3 Å². The Labute approximate surface area is 120 Å². The van der Waals surface area contributed by atoms with Gasteiger partial charge in [-0.3, -0.25) is 4.79 Å². The van der Waals surface area contributed by atoms with E-state index in [1.54, 1.807) is 24.1 Å². The largest absolute Gasteiger partial charge is 0.508 e. The number of nitrogens with two attached hydrogens (primary N) is 1. The monoisotopic (exact) mass is 276 g/mol. The van der Waals surface area contributed by atoms with E-state index in [4.69, 9.17) is 5.73 Å². The molecule has 2 rings (SSSR count). The number of hydrogen-bond acceptors (Lipinski definition) is 3. The summed E-state index contributed by atoms with van der Waals surface area (Å²) in [6, 6.07) is 7.10. The fraction of sp³-hybridized carbons (Fsp3) is 0.562. The molecule has 1 amide bonds. The SMILES string of the molecule is CN(Cc1ccccc1O)C(=O)CC1(N)CCCCC1. The van der Waals surface area contributed by atoms with E-state index in [9.17, 15) is 9.90 Å². The average Bonchev–Trinajstić information content (AvgIpc) is 2.41. The van der Waals surface area contributed by atoms with Gasteiger partial charge in [0.1, 0.15) is 5.75 Å². The van der Waals surface area contributed by atoms with Crippen LogP contribution in [0.4, 0.5) is 0 Å². The minimum absolute atomic E-state index is 0.0534. The number of carbonyl (C=O) groups excluding carboxylic acids is 1. The van der Waals surface area contributed by atoms with Crippen molar-refractivity contribution in [2.24, 2.45) is 5.73 Å². The third kappa shape index (κ3) is 3.73. The Morgan fingerprint density at radius 1 is 1.30 bits per heavy atom. The van der Waals surface area contributed by atoms with Gasteiger partial charge in [0, 0.05) is 31.1 Å². The molecule has 3 N–H and O–H groups in total. The maximum absolute atomic E-state index is 12.3. The van der Waals surface area contributed by atoms with Crippen molar-refractivity contribution in [1.82, 2.24) is 4.90 Å². The lowest BCUT2D eigenvalue weighted by atomic mass is 9.80. The normalized spacial score (nSPS) is 17.7. The molecule has 0 atom stereocenters. The minimum Gasteiger partial charge on any atom is -0.508 e. The Morgan fingerprint density at radius 2 is 1.95 bits per heavy atom. The summed E-state index contributed by atoms with van der Waals surface area (Å²) in [6.07, 6.45) is 5.73. The van der Waals surface area contributed by atoms with Crippen molar-refractivity contribution in [3.05, 3.63) is 29.8 Å². The van der Waals surface area contributed by atoms with Crippen LogP contribution in [0.25, 0.3) is 0 Å². The molecule has 0 unspecified atom stereocenters. The summed E-state index contributed by atoms with van der Waals surface area (Å²) >= 11 is 0. The fourth-order valence-corrected chi connectivity index (χ4v) is 2.86. The number of benzene rings is 1. The first kappa shape index (κ1) is 14.9. The van der Waals surface area contributed by atoms with Gasteiger partial charge in [-0.1, -0.05) is 37.5 Å². The van der Waals surface area contributed by atoms with Crippen molar-refractivity contribution in [2.75, 3.05) is 7.05 Å². The topological polar surface area (TPSA) is 66.6 Å². The molecule has 20 heavy (non-hydrogen) atoms. The summed E-state index contributed by atoms with van der Waals surface area (Å²) in [5.41, 5.74) is 6.76. The summed E-state index contributed by atoms with van der Waals surface area (Å²) in [7, 11) is 1.76. The van der Waals surface area contributed by atoms with E-state index in [-0.39, 0.29) is 17.2 Å².